The third kappa shape index (κ3) is 3.63. The molecule has 1 aromatic carbocycles. The predicted octanol–water partition coefficient (Wildman–Crippen LogP) is 1.33. The number of aromatic amines is 1. The highest BCUT2D eigenvalue weighted by Gasteiger charge is 2.14. The number of methoxy groups -OCH3 is 3. The SMILES string of the molecule is COc1cc(CNC(=O)c2ccc[nH]c2=O)cc(OC)c1OC. The molecule has 0 aliphatic rings. The van der Waals surface area contributed by atoms with Crippen molar-refractivity contribution in [3.8, 4) is 17.2 Å². The summed E-state index contributed by atoms with van der Waals surface area (Å²) >= 11 is 0. The highest BCUT2D eigenvalue weighted by atomic mass is 16.5. The van der Waals surface area contributed by atoms with Gasteiger partial charge >= 0.3 is 0 Å². The number of rotatable bonds is 6. The van der Waals surface area contributed by atoms with Crippen LogP contribution in [0.3, 0.4) is 0 Å². The van der Waals surface area contributed by atoms with Crippen molar-refractivity contribution in [1.29, 1.82) is 0 Å². The van der Waals surface area contributed by atoms with Crippen LogP contribution in [0.15, 0.2) is 35.3 Å². The molecule has 2 N–H and O–H groups in total. The van der Waals surface area contributed by atoms with Gasteiger partial charge in [-0.1, -0.05) is 0 Å². The summed E-state index contributed by atoms with van der Waals surface area (Å²) in [5, 5.41) is 2.69. The highest BCUT2D eigenvalue weighted by Crippen LogP contribution is 2.38. The van der Waals surface area contributed by atoms with Crippen LogP contribution in [0.1, 0.15) is 15.9 Å². The minimum atomic E-state index is -0.458. The Morgan fingerprint density at radius 2 is 1.78 bits per heavy atom. The van der Waals surface area contributed by atoms with Crippen LogP contribution in [0, 0.1) is 0 Å². The molecule has 1 amide bonds. The van der Waals surface area contributed by atoms with E-state index in [1.54, 1.807) is 18.2 Å². The van der Waals surface area contributed by atoms with Gasteiger partial charge in [0.05, 0.1) is 21.3 Å². The first-order valence-electron chi connectivity index (χ1n) is 6.85. The van der Waals surface area contributed by atoms with Gasteiger partial charge in [0, 0.05) is 12.7 Å². The van der Waals surface area contributed by atoms with Crippen LogP contribution in [-0.4, -0.2) is 32.2 Å². The fourth-order valence-corrected chi connectivity index (χ4v) is 2.12. The molecular formula is C16H18N2O5. The number of aromatic nitrogens is 1. The van der Waals surface area contributed by atoms with E-state index >= 15 is 0 Å². The van der Waals surface area contributed by atoms with Crippen molar-refractivity contribution in [2.24, 2.45) is 0 Å². The molecule has 0 radical (unpaired) electrons. The zero-order valence-corrected chi connectivity index (χ0v) is 13.1. The zero-order chi connectivity index (χ0) is 16.8. The summed E-state index contributed by atoms with van der Waals surface area (Å²) in [6.07, 6.45) is 1.47. The van der Waals surface area contributed by atoms with E-state index in [-0.39, 0.29) is 12.1 Å². The zero-order valence-electron chi connectivity index (χ0n) is 13.1. The standard InChI is InChI=1S/C16H18N2O5/c1-21-12-7-10(8-13(22-2)14(12)23-3)9-18-16(20)11-5-4-6-17-15(11)19/h4-8H,9H2,1-3H3,(H,17,19)(H,18,20). The van der Waals surface area contributed by atoms with E-state index in [4.69, 9.17) is 14.2 Å². The van der Waals surface area contributed by atoms with Crippen LogP contribution in [0.4, 0.5) is 0 Å². The number of amides is 1. The Morgan fingerprint density at radius 3 is 2.30 bits per heavy atom. The number of hydrogen-bond acceptors (Lipinski definition) is 5. The number of hydrogen-bond donors (Lipinski definition) is 2. The molecule has 0 aliphatic carbocycles. The third-order valence-corrected chi connectivity index (χ3v) is 3.24. The van der Waals surface area contributed by atoms with E-state index < -0.39 is 11.5 Å². The van der Waals surface area contributed by atoms with Gasteiger partial charge in [0.25, 0.3) is 11.5 Å². The normalized spacial score (nSPS) is 10.0. The minimum Gasteiger partial charge on any atom is -0.493 e. The average Bonchev–Trinajstić information content (AvgIpc) is 2.58. The number of nitrogens with one attached hydrogen (secondary N) is 2. The molecular weight excluding hydrogens is 300 g/mol. The Bertz CT molecular complexity index is 729. The maximum absolute atomic E-state index is 12.1. The van der Waals surface area contributed by atoms with Crippen LogP contribution in [0.5, 0.6) is 17.2 Å². The van der Waals surface area contributed by atoms with Crippen molar-refractivity contribution in [1.82, 2.24) is 10.3 Å². The number of carbonyl (C=O) groups is 1. The van der Waals surface area contributed by atoms with Crippen LogP contribution >= 0.6 is 0 Å². The largest absolute Gasteiger partial charge is 0.493 e. The lowest BCUT2D eigenvalue weighted by atomic mass is 10.1. The van der Waals surface area contributed by atoms with E-state index in [1.165, 1.54) is 33.6 Å². The second-order valence-electron chi connectivity index (χ2n) is 4.63. The van der Waals surface area contributed by atoms with E-state index in [9.17, 15) is 9.59 Å². The molecule has 0 unspecified atom stereocenters. The second-order valence-corrected chi connectivity index (χ2v) is 4.63. The predicted molar refractivity (Wildman–Crippen MR) is 84.3 cm³/mol. The summed E-state index contributed by atoms with van der Waals surface area (Å²) in [6.45, 7) is 0.212. The Morgan fingerprint density at radius 1 is 1.13 bits per heavy atom. The third-order valence-electron chi connectivity index (χ3n) is 3.24. The van der Waals surface area contributed by atoms with Gasteiger partial charge in [-0.15, -0.1) is 0 Å². The van der Waals surface area contributed by atoms with E-state index in [2.05, 4.69) is 10.3 Å². The first-order chi connectivity index (χ1) is 11.1. The Labute approximate surface area is 133 Å². The first kappa shape index (κ1) is 16.4. The molecule has 0 atom stereocenters. The van der Waals surface area contributed by atoms with E-state index in [0.717, 1.165) is 5.56 Å². The van der Waals surface area contributed by atoms with E-state index in [1.807, 2.05) is 0 Å². The van der Waals surface area contributed by atoms with Gasteiger partial charge < -0.3 is 24.5 Å². The summed E-state index contributed by atoms with van der Waals surface area (Å²) in [5.74, 6) is 1.01. The monoisotopic (exact) mass is 318 g/mol. The lowest BCUT2D eigenvalue weighted by Gasteiger charge is -2.14. The molecule has 122 valence electrons. The molecule has 0 saturated carbocycles. The van der Waals surface area contributed by atoms with E-state index in [0.29, 0.717) is 17.2 Å². The van der Waals surface area contributed by atoms with Crippen LogP contribution in [0.2, 0.25) is 0 Å². The lowest BCUT2D eigenvalue weighted by molar-refractivity contribution is 0.0949. The highest BCUT2D eigenvalue weighted by molar-refractivity contribution is 5.93. The van der Waals surface area contributed by atoms with Gasteiger partial charge in [-0.05, 0) is 29.8 Å². The topological polar surface area (TPSA) is 89.7 Å². The maximum Gasteiger partial charge on any atom is 0.260 e. The van der Waals surface area contributed by atoms with Gasteiger partial charge in [-0.2, -0.15) is 0 Å². The summed E-state index contributed by atoms with van der Waals surface area (Å²) in [6, 6.07) is 6.52. The number of H-pyrrole nitrogens is 1. The van der Waals surface area contributed by atoms with Crippen LogP contribution in [-0.2, 0) is 6.54 Å². The van der Waals surface area contributed by atoms with Gasteiger partial charge in [0.1, 0.15) is 5.56 Å². The number of ether oxygens (including phenoxy) is 3. The van der Waals surface area contributed by atoms with Crippen molar-refractivity contribution in [3.05, 3.63) is 51.9 Å². The molecule has 1 heterocycles. The number of benzene rings is 1. The van der Waals surface area contributed by atoms with Gasteiger partial charge in [0.15, 0.2) is 11.5 Å². The molecule has 7 heteroatoms. The molecule has 0 bridgehead atoms. The maximum atomic E-state index is 12.1. The molecule has 0 spiro atoms. The summed E-state index contributed by atoms with van der Waals surface area (Å²) in [4.78, 5) is 26.1. The molecule has 2 rings (SSSR count). The Hall–Kier alpha value is -2.96. The fraction of sp³-hybridized carbons (Fsp3) is 0.250. The van der Waals surface area contributed by atoms with Gasteiger partial charge in [-0.25, -0.2) is 0 Å². The molecule has 0 saturated heterocycles. The quantitative estimate of drug-likeness (QED) is 0.839. The van der Waals surface area contributed by atoms with Crippen LogP contribution < -0.4 is 25.1 Å². The summed E-state index contributed by atoms with van der Waals surface area (Å²) in [5.41, 5.74) is 0.370. The van der Waals surface area contributed by atoms with Crippen molar-refractivity contribution in [2.75, 3.05) is 21.3 Å². The van der Waals surface area contributed by atoms with Crippen LogP contribution in [0.25, 0.3) is 0 Å². The lowest BCUT2D eigenvalue weighted by Crippen LogP contribution is -2.28. The van der Waals surface area contributed by atoms with Gasteiger partial charge in [0.2, 0.25) is 5.75 Å². The molecule has 0 fully saturated rings. The molecule has 7 nitrogen and oxygen atoms in total. The van der Waals surface area contributed by atoms with Crippen molar-refractivity contribution in [3.63, 3.8) is 0 Å². The Kier molecular flexibility index (Phi) is 5.24. The van der Waals surface area contributed by atoms with Gasteiger partial charge in [-0.3, -0.25) is 9.59 Å². The molecule has 2 aromatic rings. The van der Waals surface area contributed by atoms with Crippen molar-refractivity contribution in [2.45, 2.75) is 6.54 Å². The smallest absolute Gasteiger partial charge is 0.260 e. The molecule has 1 aromatic heterocycles. The average molecular weight is 318 g/mol. The minimum absolute atomic E-state index is 0.0555. The summed E-state index contributed by atoms with van der Waals surface area (Å²) in [7, 11) is 4.55. The van der Waals surface area contributed by atoms with Crippen molar-refractivity contribution >= 4 is 5.91 Å². The first-order valence-corrected chi connectivity index (χ1v) is 6.85. The second kappa shape index (κ2) is 7.35. The molecule has 0 aliphatic heterocycles. The van der Waals surface area contributed by atoms with Crippen molar-refractivity contribution < 1.29 is 19.0 Å². The number of carbonyl (C=O) groups excluding carboxylic acids is 1. The fourth-order valence-electron chi connectivity index (χ4n) is 2.12. The molecule has 23 heavy (non-hydrogen) atoms. The Balaban J connectivity index is 2.19. The summed E-state index contributed by atoms with van der Waals surface area (Å²) < 4.78 is 15.8. The number of pyridine rings is 1.